The zero-order valence-corrected chi connectivity index (χ0v) is 19.8. The van der Waals surface area contributed by atoms with Crippen LogP contribution in [0.25, 0.3) is 0 Å². The standard InChI is InChI=1S/C24H29N3O5S/c1-19-7-8-23(15-20(19)2)33(29,30)27-11-9-26(10-12-27)24(28)18-25(16-21-5-3-13-31-21)17-22-6-4-14-32-22/h3-8,13-15H,9-12,16-18H2,1-2H3. The Morgan fingerprint density at radius 3 is 2.03 bits per heavy atom. The third-order valence-corrected chi connectivity index (χ3v) is 7.88. The minimum atomic E-state index is -3.58. The fourth-order valence-electron chi connectivity index (χ4n) is 3.91. The van der Waals surface area contributed by atoms with Crippen molar-refractivity contribution >= 4 is 15.9 Å². The van der Waals surface area contributed by atoms with Crippen LogP contribution in [0.1, 0.15) is 22.6 Å². The molecule has 0 atom stereocenters. The van der Waals surface area contributed by atoms with Gasteiger partial charge in [-0.05, 0) is 61.4 Å². The van der Waals surface area contributed by atoms with Gasteiger partial charge in [-0.2, -0.15) is 4.31 Å². The summed E-state index contributed by atoms with van der Waals surface area (Å²) in [6.07, 6.45) is 3.22. The number of piperazine rings is 1. The lowest BCUT2D eigenvalue weighted by Gasteiger charge is -2.35. The van der Waals surface area contributed by atoms with Gasteiger partial charge >= 0.3 is 0 Å². The third kappa shape index (κ3) is 5.55. The highest BCUT2D eigenvalue weighted by atomic mass is 32.2. The van der Waals surface area contributed by atoms with Gasteiger partial charge in [-0.15, -0.1) is 0 Å². The summed E-state index contributed by atoms with van der Waals surface area (Å²) in [5.41, 5.74) is 2.00. The lowest BCUT2D eigenvalue weighted by atomic mass is 10.1. The van der Waals surface area contributed by atoms with Gasteiger partial charge < -0.3 is 13.7 Å². The first-order valence-electron chi connectivity index (χ1n) is 11.0. The molecule has 33 heavy (non-hydrogen) atoms. The quantitative estimate of drug-likeness (QED) is 0.502. The topological polar surface area (TPSA) is 87.2 Å². The Bertz CT molecular complexity index is 1130. The Balaban J connectivity index is 1.37. The van der Waals surface area contributed by atoms with Gasteiger partial charge in [-0.3, -0.25) is 9.69 Å². The monoisotopic (exact) mass is 471 g/mol. The molecule has 0 saturated carbocycles. The van der Waals surface area contributed by atoms with Crippen molar-refractivity contribution in [3.63, 3.8) is 0 Å². The molecule has 1 fully saturated rings. The molecule has 1 aliphatic rings. The molecular weight excluding hydrogens is 442 g/mol. The van der Waals surface area contributed by atoms with E-state index in [-0.39, 0.29) is 25.5 Å². The molecule has 176 valence electrons. The summed E-state index contributed by atoms with van der Waals surface area (Å²) >= 11 is 0. The molecule has 0 N–H and O–H groups in total. The molecule has 0 aliphatic carbocycles. The molecule has 0 radical (unpaired) electrons. The number of nitrogens with zero attached hydrogens (tertiary/aromatic N) is 3. The van der Waals surface area contributed by atoms with Crippen LogP contribution in [0.15, 0.2) is 68.7 Å². The van der Waals surface area contributed by atoms with E-state index in [4.69, 9.17) is 8.83 Å². The van der Waals surface area contributed by atoms with Crippen LogP contribution in [0.4, 0.5) is 0 Å². The Morgan fingerprint density at radius 2 is 1.52 bits per heavy atom. The van der Waals surface area contributed by atoms with Gasteiger partial charge in [0.1, 0.15) is 11.5 Å². The van der Waals surface area contributed by atoms with Crippen LogP contribution < -0.4 is 0 Å². The molecule has 0 bridgehead atoms. The molecule has 2 aromatic heterocycles. The Kier molecular flexibility index (Phi) is 7.02. The first-order valence-corrected chi connectivity index (χ1v) is 12.4. The molecule has 1 aromatic carbocycles. The number of rotatable bonds is 8. The minimum absolute atomic E-state index is 0.0451. The first kappa shape index (κ1) is 23.3. The maximum Gasteiger partial charge on any atom is 0.243 e. The zero-order chi connectivity index (χ0) is 23.4. The maximum atomic E-state index is 13.1. The summed E-state index contributed by atoms with van der Waals surface area (Å²) in [4.78, 5) is 17.0. The second-order valence-corrected chi connectivity index (χ2v) is 10.3. The molecule has 1 aliphatic heterocycles. The Hall–Kier alpha value is -2.88. The van der Waals surface area contributed by atoms with Crippen molar-refractivity contribution in [2.24, 2.45) is 0 Å². The Labute approximate surface area is 194 Å². The van der Waals surface area contributed by atoms with Crippen LogP contribution in [-0.4, -0.2) is 61.2 Å². The number of furan rings is 2. The number of benzene rings is 1. The van der Waals surface area contributed by atoms with Gasteiger partial charge in [0.05, 0.1) is 37.1 Å². The molecule has 3 heterocycles. The number of sulfonamides is 1. The van der Waals surface area contributed by atoms with Gasteiger partial charge in [0.25, 0.3) is 0 Å². The summed E-state index contributed by atoms with van der Waals surface area (Å²) in [5.74, 6) is 1.48. The van der Waals surface area contributed by atoms with Gasteiger partial charge in [-0.25, -0.2) is 8.42 Å². The molecule has 4 rings (SSSR count). The van der Waals surface area contributed by atoms with Gasteiger partial charge in [0.15, 0.2) is 0 Å². The van der Waals surface area contributed by atoms with Crippen LogP contribution in [0.3, 0.4) is 0 Å². The summed E-state index contributed by atoms with van der Waals surface area (Å²) in [6.45, 7) is 6.26. The van der Waals surface area contributed by atoms with E-state index in [1.807, 2.05) is 49.1 Å². The van der Waals surface area contributed by atoms with Crippen LogP contribution in [0.2, 0.25) is 0 Å². The second kappa shape index (κ2) is 9.94. The van der Waals surface area contributed by atoms with E-state index in [0.29, 0.717) is 31.1 Å². The van der Waals surface area contributed by atoms with Crippen molar-refractivity contribution in [2.75, 3.05) is 32.7 Å². The number of hydrogen-bond donors (Lipinski definition) is 0. The third-order valence-electron chi connectivity index (χ3n) is 5.99. The van der Waals surface area contributed by atoms with Gasteiger partial charge in [0, 0.05) is 26.2 Å². The van der Waals surface area contributed by atoms with Crippen molar-refractivity contribution in [1.29, 1.82) is 0 Å². The lowest BCUT2D eigenvalue weighted by molar-refractivity contribution is -0.134. The van der Waals surface area contributed by atoms with Crippen LogP contribution in [-0.2, 0) is 27.9 Å². The number of hydrogen-bond acceptors (Lipinski definition) is 6. The van der Waals surface area contributed by atoms with Gasteiger partial charge in [-0.1, -0.05) is 6.07 Å². The molecule has 1 saturated heterocycles. The number of carbonyl (C=O) groups excluding carboxylic acids is 1. The Morgan fingerprint density at radius 1 is 0.909 bits per heavy atom. The van der Waals surface area contributed by atoms with E-state index < -0.39 is 10.0 Å². The summed E-state index contributed by atoms with van der Waals surface area (Å²) in [7, 11) is -3.58. The zero-order valence-electron chi connectivity index (χ0n) is 18.9. The van der Waals surface area contributed by atoms with E-state index >= 15 is 0 Å². The highest BCUT2D eigenvalue weighted by Gasteiger charge is 2.31. The molecule has 3 aromatic rings. The highest BCUT2D eigenvalue weighted by molar-refractivity contribution is 7.89. The molecule has 0 spiro atoms. The van der Waals surface area contributed by atoms with Gasteiger partial charge in [0.2, 0.25) is 15.9 Å². The van der Waals surface area contributed by atoms with Crippen LogP contribution in [0.5, 0.6) is 0 Å². The average Bonchev–Trinajstić information content (AvgIpc) is 3.50. The average molecular weight is 472 g/mol. The second-order valence-electron chi connectivity index (χ2n) is 8.33. The molecule has 1 amide bonds. The summed E-state index contributed by atoms with van der Waals surface area (Å²) in [6, 6.07) is 12.6. The van der Waals surface area contributed by atoms with Crippen molar-refractivity contribution < 1.29 is 22.0 Å². The van der Waals surface area contributed by atoms with E-state index in [1.54, 1.807) is 29.6 Å². The summed E-state index contributed by atoms with van der Waals surface area (Å²) in [5, 5.41) is 0. The number of amides is 1. The maximum absolute atomic E-state index is 13.1. The van der Waals surface area contributed by atoms with Crippen molar-refractivity contribution in [3.05, 3.63) is 77.6 Å². The lowest BCUT2D eigenvalue weighted by Crippen LogP contribution is -2.52. The fourth-order valence-corrected chi connectivity index (χ4v) is 5.41. The largest absolute Gasteiger partial charge is 0.468 e. The molecular formula is C24H29N3O5S. The number of aryl methyl sites for hydroxylation is 2. The van der Waals surface area contributed by atoms with Crippen LogP contribution in [0, 0.1) is 13.8 Å². The highest BCUT2D eigenvalue weighted by Crippen LogP contribution is 2.21. The normalized spacial score (nSPS) is 15.3. The van der Waals surface area contributed by atoms with Crippen LogP contribution >= 0.6 is 0 Å². The smallest absolute Gasteiger partial charge is 0.243 e. The summed E-state index contributed by atoms with van der Waals surface area (Å²) < 4.78 is 38.5. The number of carbonyl (C=O) groups is 1. The first-order chi connectivity index (χ1) is 15.8. The predicted octanol–water partition coefficient (Wildman–Crippen LogP) is 3.02. The predicted molar refractivity (Wildman–Crippen MR) is 123 cm³/mol. The van der Waals surface area contributed by atoms with E-state index in [2.05, 4.69) is 0 Å². The fraction of sp³-hybridized carbons (Fsp3) is 0.375. The SMILES string of the molecule is Cc1ccc(S(=O)(=O)N2CCN(C(=O)CN(Cc3ccco3)Cc3ccco3)CC2)cc1C. The molecule has 8 nitrogen and oxygen atoms in total. The van der Waals surface area contributed by atoms with E-state index in [9.17, 15) is 13.2 Å². The van der Waals surface area contributed by atoms with Crippen molar-refractivity contribution in [1.82, 2.24) is 14.1 Å². The van der Waals surface area contributed by atoms with Crippen molar-refractivity contribution in [2.45, 2.75) is 31.8 Å². The van der Waals surface area contributed by atoms with E-state index in [1.165, 1.54) is 4.31 Å². The molecule has 9 heteroatoms. The van der Waals surface area contributed by atoms with E-state index in [0.717, 1.165) is 22.6 Å². The molecule has 0 unspecified atom stereocenters. The van der Waals surface area contributed by atoms with Crippen molar-refractivity contribution in [3.8, 4) is 0 Å². The minimum Gasteiger partial charge on any atom is -0.468 e.